The molecule has 0 aliphatic rings. The number of hydrazone groups is 1. The molecule has 0 radical (unpaired) electrons. The molecule has 1 N–H and O–H groups in total. The summed E-state index contributed by atoms with van der Waals surface area (Å²) in [5.74, 6) is 0.265. The van der Waals surface area contributed by atoms with Gasteiger partial charge >= 0.3 is 5.97 Å². The largest absolute Gasteiger partial charge is 0.494 e. The molecule has 0 heterocycles. The quantitative estimate of drug-likeness (QED) is 0.100. The van der Waals surface area contributed by atoms with Crippen molar-refractivity contribution >= 4 is 41.3 Å². The molecule has 0 aliphatic heterocycles. The zero-order valence-electron chi connectivity index (χ0n) is 19.9. The molecule has 3 aromatic rings. The lowest BCUT2D eigenvalue weighted by atomic mass is 10.2. The lowest BCUT2D eigenvalue weighted by Crippen LogP contribution is -2.17. The number of esters is 1. The maximum absolute atomic E-state index is 12.6. The van der Waals surface area contributed by atoms with E-state index in [1.807, 2.05) is 6.92 Å². The number of hydrogen-bond donors (Lipinski definition) is 1. The summed E-state index contributed by atoms with van der Waals surface area (Å²) in [7, 11) is 0. The molecular weight excluding hydrogens is 503 g/mol. The molecule has 0 aliphatic carbocycles. The van der Waals surface area contributed by atoms with Gasteiger partial charge in [-0.25, -0.2) is 10.2 Å². The maximum atomic E-state index is 12.6. The minimum Gasteiger partial charge on any atom is -0.494 e. The molecule has 0 saturated heterocycles. The third kappa shape index (κ3) is 7.73. The fourth-order valence-corrected chi connectivity index (χ4v) is 3.52. The minimum absolute atomic E-state index is 0.178. The van der Waals surface area contributed by atoms with Crippen LogP contribution in [-0.2, 0) is 0 Å². The fraction of sp³-hybridized carbons (Fsp3) is 0.222. The van der Waals surface area contributed by atoms with Gasteiger partial charge < -0.3 is 14.2 Å². The maximum Gasteiger partial charge on any atom is 0.345 e. The average Bonchev–Trinajstić information content (AvgIpc) is 2.86. The van der Waals surface area contributed by atoms with Gasteiger partial charge in [0.15, 0.2) is 11.5 Å². The van der Waals surface area contributed by atoms with Crippen LogP contribution in [0, 0.1) is 0 Å². The minimum atomic E-state index is -0.645. The van der Waals surface area contributed by atoms with E-state index in [9.17, 15) is 9.59 Å². The summed E-state index contributed by atoms with van der Waals surface area (Å²) >= 11 is 12.0. The summed E-state index contributed by atoms with van der Waals surface area (Å²) in [4.78, 5) is 24.9. The van der Waals surface area contributed by atoms with Gasteiger partial charge in [0, 0.05) is 10.6 Å². The van der Waals surface area contributed by atoms with E-state index in [-0.39, 0.29) is 22.2 Å². The lowest BCUT2D eigenvalue weighted by Gasteiger charge is -2.12. The first-order valence-electron chi connectivity index (χ1n) is 11.4. The molecule has 36 heavy (non-hydrogen) atoms. The molecule has 0 saturated carbocycles. The summed E-state index contributed by atoms with van der Waals surface area (Å²) in [5.41, 5.74) is 3.75. The number of unbranched alkanes of at least 4 members (excludes halogenated alkanes) is 1. The molecule has 3 aromatic carbocycles. The normalized spacial score (nSPS) is 10.8. The number of amides is 1. The molecule has 0 fully saturated rings. The highest BCUT2D eigenvalue weighted by atomic mass is 35.5. The van der Waals surface area contributed by atoms with E-state index in [0.717, 1.165) is 12.8 Å². The Labute approximate surface area is 220 Å². The first-order chi connectivity index (χ1) is 17.4. The van der Waals surface area contributed by atoms with E-state index in [4.69, 9.17) is 37.4 Å². The van der Waals surface area contributed by atoms with Crippen LogP contribution < -0.4 is 19.6 Å². The Kier molecular flexibility index (Phi) is 10.2. The number of carbonyl (C=O) groups is 2. The highest BCUT2D eigenvalue weighted by Crippen LogP contribution is 2.30. The Morgan fingerprint density at radius 3 is 2.42 bits per heavy atom. The van der Waals surface area contributed by atoms with Crippen LogP contribution in [0.1, 0.15) is 53.0 Å². The number of carbonyl (C=O) groups excluding carboxylic acids is 2. The topological polar surface area (TPSA) is 86.2 Å². The van der Waals surface area contributed by atoms with Gasteiger partial charge in [-0.3, -0.25) is 4.79 Å². The third-order valence-electron chi connectivity index (χ3n) is 4.88. The Balaban J connectivity index is 1.64. The number of hydrogen-bond acceptors (Lipinski definition) is 6. The van der Waals surface area contributed by atoms with Crippen molar-refractivity contribution in [3.05, 3.63) is 87.4 Å². The van der Waals surface area contributed by atoms with E-state index in [0.29, 0.717) is 40.9 Å². The van der Waals surface area contributed by atoms with Crippen molar-refractivity contribution in [1.82, 2.24) is 5.43 Å². The van der Waals surface area contributed by atoms with E-state index in [1.54, 1.807) is 48.5 Å². The Morgan fingerprint density at radius 1 is 0.944 bits per heavy atom. The second-order valence-corrected chi connectivity index (χ2v) is 8.42. The monoisotopic (exact) mass is 528 g/mol. The van der Waals surface area contributed by atoms with Gasteiger partial charge in [0.2, 0.25) is 0 Å². The number of nitrogens with one attached hydrogen (secondary N) is 1. The Hall–Kier alpha value is -3.55. The second kappa shape index (κ2) is 13.5. The molecule has 1 amide bonds. The smallest absolute Gasteiger partial charge is 0.345 e. The van der Waals surface area contributed by atoms with Crippen molar-refractivity contribution in [2.75, 3.05) is 13.2 Å². The SMILES string of the molecule is CCCCOc1ccc(C(=O)N/N=C\c2ccc(OC(=O)c3ccc(Cl)cc3Cl)c(OCC)c2)cc1. The van der Waals surface area contributed by atoms with Crippen molar-refractivity contribution in [3.63, 3.8) is 0 Å². The molecule has 0 bridgehead atoms. The third-order valence-corrected chi connectivity index (χ3v) is 5.43. The van der Waals surface area contributed by atoms with Gasteiger partial charge in [0.05, 0.1) is 30.0 Å². The van der Waals surface area contributed by atoms with Crippen LogP contribution in [0.5, 0.6) is 17.2 Å². The van der Waals surface area contributed by atoms with Crippen LogP contribution in [0.2, 0.25) is 10.0 Å². The number of halogens is 2. The van der Waals surface area contributed by atoms with Gasteiger partial charge in [0.1, 0.15) is 5.75 Å². The number of ether oxygens (including phenoxy) is 3. The van der Waals surface area contributed by atoms with Gasteiger partial charge in [-0.1, -0.05) is 36.5 Å². The zero-order valence-corrected chi connectivity index (χ0v) is 21.4. The zero-order chi connectivity index (χ0) is 25.9. The van der Waals surface area contributed by atoms with Crippen molar-refractivity contribution in [3.8, 4) is 17.2 Å². The van der Waals surface area contributed by atoms with Gasteiger partial charge in [0.25, 0.3) is 5.91 Å². The van der Waals surface area contributed by atoms with Crippen molar-refractivity contribution in [2.45, 2.75) is 26.7 Å². The first-order valence-corrected chi connectivity index (χ1v) is 12.2. The molecular formula is C27H26Cl2N2O5. The van der Waals surface area contributed by atoms with Gasteiger partial charge in [-0.15, -0.1) is 0 Å². The first kappa shape index (κ1) is 27.0. The van der Waals surface area contributed by atoms with Crippen LogP contribution in [0.3, 0.4) is 0 Å². The Morgan fingerprint density at radius 2 is 1.72 bits per heavy atom. The molecule has 188 valence electrons. The molecule has 7 nitrogen and oxygen atoms in total. The van der Waals surface area contributed by atoms with E-state index in [1.165, 1.54) is 18.3 Å². The van der Waals surface area contributed by atoms with E-state index in [2.05, 4.69) is 17.5 Å². The number of nitrogens with zero attached hydrogens (tertiary/aromatic N) is 1. The molecule has 0 aromatic heterocycles. The standard InChI is InChI=1S/C27H26Cl2N2O5/c1-3-5-14-35-21-10-7-19(8-11-21)26(32)31-30-17-18-6-13-24(25(15-18)34-4-2)36-27(33)22-12-9-20(28)16-23(22)29/h6-13,15-17H,3-5,14H2,1-2H3,(H,31,32)/b30-17-. The fourth-order valence-electron chi connectivity index (χ4n) is 3.03. The molecule has 9 heteroatoms. The van der Waals surface area contributed by atoms with Crippen molar-refractivity contribution in [2.24, 2.45) is 5.10 Å². The average molecular weight is 529 g/mol. The van der Waals surface area contributed by atoms with Crippen molar-refractivity contribution in [1.29, 1.82) is 0 Å². The predicted octanol–water partition coefficient (Wildman–Crippen LogP) is 6.55. The number of rotatable bonds is 11. The van der Waals surface area contributed by atoms with Crippen LogP contribution in [0.25, 0.3) is 0 Å². The summed E-state index contributed by atoms with van der Waals surface area (Å²) in [6, 6.07) is 16.3. The van der Waals surface area contributed by atoms with Crippen molar-refractivity contribution < 1.29 is 23.8 Å². The van der Waals surface area contributed by atoms with Crippen LogP contribution in [0.4, 0.5) is 0 Å². The van der Waals surface area contributed by atoms with Gasteiger partial charge in [-0.05, 0) is 79.6 Å². The number of benzene rings is 3. The van der Waals surface area contributed by atoms with Crippen LogP contribution in [-0.4, -0.2) is 31.3 Å². The lowest BCUT2D eigenvalue weighted by molar-refractivity contribution is 0.0728. The predicted molar refractivity (Wildman–Crippen MR) is 141 cm³/mol. The summed E-state index contributed by atoms with van der Waals surface area (Å²) < 4.78 is 16.7. The molecule has 0 unspecified atom stereocenters. The molecule has 0 atom stereocenters. The summed E-state index contributed by atoms with van der Waals surface area (Å²) in [5, 5.41) is 4.61. The Bertz CT molecular complexity index is 1230. The van der Waals surface area contributed by atoms with Crippen LogP contribution >= 0.6 is 23.2 Å². The van der Waals surface area contributed by atoms with Crippen LogP contribution in [0.15, 0.2) is 65.8 Å². The molecule has 0 spiro atoms. The highest BCUT2D eigenvalue weighted by molar-refractivity contribution is 6.36. The second-order valence-electron chi connectivity index (χ2n) is 7.58. The highest BCUT2D eigenvalue weighted by Gasteiger charge is 2.16. The van der Waals surface area contributed by atoms with Gasteiger partial charge in [-0.2, -0.15) is 5.10 Å². The van der Waals surface area contributed by atoms with E-state index >= 15 is 0 Å². The summed E-state index contributed by atoms with van der Waals surface area (Å²) in [6.07, 6.45) is 3.49. The molecule has 3 rings (SSSR count). The summed E-state index contributed by atoms with van der Waals surface area (Å²) in [6.45, 7) is 4.89. The van der Waals surface area contributed by atoms with E-state index < -0.39 is 5.97 Å².